The van der Waals surface area contributed by atoms with Crippen LogP contribution in [0.4, 0.5) is 5.69 Å². The van der Waals surface area contributed by atoms with Crippen molar-refractivity contribution >= 4 is 17.4 Å². The summed E-state index contributed by atoms with van der Waals surface area (Å²) in [5.74, 6) is 2.93. The van der Waals surface area contributed by atoms with Gasteiger partial charge in [0.25, 0.3) is 0 Å². The summed E-state index contributed by atoms with van der Waals surface area (Å²) in [6, 6.07) is 14.0. The first-order valence-corrected chi connectivity index (χ1v) is 7.54. The van der Waals surface area contributed by atoms with Crippen LogP contribution >= 0.6 is 11.8 Å². The highest BCUT2D eigenvalue weighted by Gasteiger charge is 2.23. The van der Waals surface area contributed by atoms with Gasteiger partial charge in [-0.1, -0.05) is 18.2 Å². The van der Waals surface area contributed by atoms with Crippen LogP contribution in [0.15, 0.2) is 47.4 Å². The third kappa shape index (κ3) is 2.56. The van der Waals surface area contributed by atoms with Gasteiger partial charge >= 0.3 is 0 Å². The molecule has 0 spiro atoms. The molecule has 3 nitrogen and oxygen atoms in total. The summed E-state index contributed by atoms with van der Waals surface area (Å²) in [7, 11) is 1.63. The van der Waals surface area contributed by atoms with Gasteiger partial charge < -0.3 is 15.2 Å². The van der Waals surface area contributed by atoms with Crippen molar-refractivity contribution in [2.24, 2.45) is 0 Å². The predicted octanol–water partition coefficient (Wildman–Crippen LogP) is 3.55. The number of rotatable bonds is 4. The minimum Gasteiger partial charge on any atom is -0.493 e. The third-order valence-electron chi connectivity index (χ3n) is 3.43. The average molecular weight is 287 g/mol. The Balaban J connectivity index is 1.72. The van der Waals surface area contributed by atoms with E-state index in [1.165, 1.54) is 10.5 Å². The van der Waals surface area contributed by atoms with E-state index in [1.807, 2.05) is 23.9 Å². The summed E-state index contributed by atoms with van der Waals surface area (Å²) >= 11 is 1.89. The van der Waals surface area contributed by atoms with Crippen molar-refractivity contribution in [1.29, 1.82) is 0 Å². The summed E-state index contributed by atoms with van der Waals surface area (Å²) in [5, 5.41) is 0. The Hall–Kier alpha value is -1.81. The lowest BCUT2D eigenvalue weighted by Gasteiger charge is -2.15. The van der Waals surface area contributed by atoms with Crippen molar-refractivity contribution in [2.45, 2.75) is 10.8 Å². The SMILES string of the molecule is COc1cc(N)ccc1OCC1CSc2ccccc21. The fourth-order valence-electron chi connectivity index (χ4n) is 2.36. The maximum absolute atomic E-state index is 5.93. The molecule has 2 aromatic carbocycles. The Kier molecular flexibility index (Phi) is 3.74. The molecule has 0 bridgehead atoms. The third-order valence-corrected chi connectivity index (χ3v) is 4.68. The fourth-order valence-corrected chi connectivity index (χ4v) is 3.59. The van der Waals surface area contributed by atoms with Crippen LogP contribution in [0.2, 0.25) is 0 Å². The van der Waals surface area contributed by atoms with Crippen LogP contribution in [0.3, 0.4) is 0 Å². The summed E-state index contributed by atoms with van der Waals surface area (Å²) in [4.78, 5) is 1.37. The van der Waals surface area contributed by atoms with Gasteiger partial charge in [0.05, 0.1) is 13.7 Å². The molecule has 0 saturated carbocycles. The molecule has 3 rings (SSSR count). The topological polar surface area (TPSA) is 44.5 Å². The van der Waals surface area contributed by atoms with E-state index in [0.29, 0.717) is 24.0 Å². The monoisotopic (exact) mass is 287 g/mol. The molecule has 2 aromatic rings. The van der Waals surface area contributed by atoms with Gasteiger partial charge in [0.2, 0.25) is 0 Å². The molecule has 104 valence electrons. The number of nitrogen functional groups attached to an aromatic ring is 1. The van der Waals surface area contributed by atoms with Crippen molar-refractivity contribution in [3.63, 3.8) is 0 Å². The molecule has 1 atom stereocenters. The van der Waals surface area contributed by atoms with Crippen LogP contribution in [0.5, 0.6) is 11.5 Å². The first-order valence-electron chi connectivity index (χ1n) is 6.56. The smallest absolute Gasteiger partial charge is 0.162 e. The molecule has 0 radical (unpaired) electrons. The number of hydrogen-bond acceptors (Lipinski definition) is 4. The molecule has 0 amide bonds. The van der Waals surface area contributed by atoms with E-state index in [4.69, 9.17) is 15.2 Å². The zero-order valence-corrected chi connectivity index (χ0v) is 12.2. The minimum atomic E-state index is 0.429. The van der Waals surface area contributed by atoms with Gasteiger partial charge in [-0.25, -0.2) is 0 Å². The minimum absolute atomic E-state index is 0.429. The zero-order chi connectivity index (χ0) is 13.9. The Labute approximate surface area is 123 Å². The first kappa shape index (κ1) is 13.2. The van der Waals surface area contributed by atoms with Crippen LogP contribution in [0.25, 0.3) is 0 Å². The van der Waals surface area contributed by atoms with Gasteiger partial charge in [0.15, 0.2) is 11.5 Å². The van der Waals surface area contributed by atoms with Gasteiger partial charge in [-0.3, -0.25) is 0 Å². The largest absolute Gasteiger partial charge is 0.493 e. The van der Waals surface area contributed by atoms with E-state index in [0.717, 1.165) is 11.5 Å². The molecule has 0 saturated heterocycles. The van der Waals surface area contributed by atoms with Crippen LogP contribution in [0, 0.1) is 0 Å². The summed E-state index contributed by atoms with van der Waals surface area (Å²) < 4.78 is 11.2. The Morgan fingerprint density at radius 3 is 2.90 bits per heavy atom. The van der Waals surface area contributed by atoms with Crippen LogP contribution in [-0.2, 0) is 0 Å². The van der Waals surface area contributed by atoms with Crippen LogP contribution in [-0.4, -0.2) is 19.5 Å². The highest BCUT2D eigenvalue weighted by molar-refractivity contribution is 7.99. The fraction of sp³-hybridized carbons (Fsp3) is 0.250. The van der Waals surface area contributed by atoms with E-state index >= 15 is 0 Å². The number of methoxy groups -OCH3 is 1. The average Bonchev–Trinajstić information content (AvgIpc) is 2.89. The van der Waals surface area contributed by atoms with Gasteiger partial charge in [0.1, 0.15) is 0 Å². The molecular formula is C16H17NO2S. The van der Waals surface area contributed by atoms with Crippen molar-refractivity contribution in [1.82, 2.24) is 0 Å². The van der Waals surface area contributed by atoms with E-state index in [-0.39, 0.29) is 0 Å². The van der Waals surface area contributed by atoms with Crippen LogP contribution < -0.4 is 15.2 Å². The highest BCUT2D eigenvalue weighted by Crippen LogP contribution is 2.40. The number of fused-ring (bicyclic) bond motifs is 1. The maximum atomic E-state index is 5.93. The van der Waals surface area contributed by atoms with Crippen molar-refractivity contribution in [3.05, 3.63) is 48.0 Å². The maximum Gasteiger partial charge on any atom is 0.162 e. The second-order valence-electron chi connectivity index (χ2n) is 4.77. The van der Waals surface area contributed by atoms with Crippen LogP contribution in [0.1, 0.15) is 11.5 Å². The number of nitrogens with two attached hydrogens (primary N) is 1. The summed E-state index contributed by atoms with van der Waals surface area (Å²) in [6.07, 6.45) is 0. The lowest BCUT2D eigenvalue weighted by atomic mass is 10.0. The second kappa shape index (κ2) is 5.67. The summed E-state index contributed by atoms with van der Waals surface area (Å²) in [6.45, 7) is 0.657. The standard InChI is InChI=1S/C16H17NO2S/c1-18-15-8-12(17)6-7-14(15)19-9-11-10-20-16-5-3-2-4-13(11)16/h2-8,11H,9-10,17H2,1H3. The Morgan fingerprint density at radius 1 is 1.20 bits per heavy atom. The number of thioether (sulfide) groups is 1. The highest BCUT2D eigenvalue weighted by atomic mass is 32.2. The van der Waals surface area contributed by atoms with Gasteiger partial charge in [-0.15, -0.1) is 11.8 Å². The first-order chi connectivity index (χ1) is 9.78. The van der Waals surface area contributed by atoms with Gasteiger partial charge in [-0.2, -0.15) is 0 Å². The molecule has 20 heavy (non-hydrogen) atoms. The lowest BCUT2D eigenvalue weighted by Crippen LogP contribution is -2.10. The van der Waals surface area contributed by atoms with Crippen molar-refractivity contribution in [2.75, 3.05) is 25.2 Å². The molecule has 2 N–H and O–H groups in total. The predicted molar refractivity (Wildman–Crippen MR) is 82.8 cm³/mol. The quantitative estimate of drug-likeness (QED) is 0.874. The van der Waals surface area contributed by atoms with Gasteiger partial charge in [0, 0.05) is 28.3 Å². The Bertz CT molecular complexity index is 615. The van der Waals surface area contributed by atoms with E-state index in [9.17, 15) is 0 Å². The molecular weight excluding hydrogens is 270 g/mol. The molecule has 0 fully saturated rings. The van der Waals surface area contributed by atoms with Gasteiger partial charge in [-0.05, 0) is 23.8 Å². The number of anilines is 1. The second-order valence-corrected chi connectivity index (χ2v) is 5.83. The van der Waals surface area contributed by atoms with E-state index in [2.05, 4.69) is 24.3 Å². The molecule has 0 aromatic heterocycles. The Morgan fingerprint density at radius 2 is 2.05 bits per heavy atom. The van der Waals surface area contributed by atoms with Crippen molar-refractivity contribution < 1.29 is 9.47 Å². The molecule has 4 heteroatoms. The molecule has 1 heterocycles. The molecule has 1 aliphatic rings. The van der Waals surface area contributed by atoms with E-state index < -0.39 is 0 Å². The number of hydrogen-bond donors (Lipinski definition) is 1. The molecule has 0 aliphatic carbocycles. The summed E-state index contributed by atoms with van der Waals surface area (Å²) in [5.41, 5.74) is 7.80. The molecule has 1 aliphatic heterocycles. The molecule has 1 unspecified atom stereocenters. The normalized spacial score (nSPS) is 16.8. The number of ether oxygens (including phenoxy) is 2. The van der Waals surface area contributed by atoms with Crippen molar-refractivity contribution in [3.8, 4) is 11.5 Å². The number of benzene rings is 2. The van der Waals surface area contributed by atoms with E-state index in [1.54, 1.807) is 13.2 Å². The zero-order valence-electron chi connectivity index (χ0n) is 11.3. The lowest BCUT2D eigenvalue weighted by molar-refractivity contribution is 0.279.